The van der Waals surface area contributed by atoms with Gasteiger partial charge in [0.25, 0.3) is 0 Å². The molecule has 0 spiro atoms. The summed E-state index contributed by atoms with van der Waals surface area (Å²) in [5.41, 5.74) is 0. The quantitative estimate of drug-likeness (QED) is 0.516. The summed E-state index contributed by atoms with van der Waals surface area (Å²) in [5, 5.41) is 2.13. The molecule has 14 heavy (non-hydrogen) atoms. The van der Waals surface area contributed by atoms with Crippen molar-refractivity contribution in [2.45, 2.75) is 26.2 Å². The zero-order valence-electron chi connectivity index (χ0n) is 8.17. The van der Waals surface area contributed by atoms with E-state index in [1.54, 1.807) is 22.7 Å². The number of thiophene rings is 2. The molecule has 0 N–H and O–H groups in total. The molecule has 0 unspecified atom stereocenters. The molecule has 0 atom stereocenters. The molecule has 0 bridgehead atoms. The number of fused-ring (bicyclic) bond motifs is 1. The highest BCUT2D eigenvalue weighted by Crippen LogP contribution is 2.29. The summed E-state index contributed by atoms with van der Waals surface area (Å²) < 4.78 is 2.74. The maximum absolute atomic E-state index is 3.23. The van der Waals surface area contributed by atoms with Crippen LogP contribution in [0.1, 0.15) is 31.1 Å². The first-order valence-electron chi connectivity index (χ1n) is 4.86. The zero-order valence-corrected chi connectivity index (χ0v) is 9.80. The molecule has 0 saturated heterocycles. The highest BCUT2D eigenvalue weighted by Gasteiger charge is 1.98. The van der Waals surface area contributed by atoms with Crippen LogP contribution in [0, 0.1) is 11.8 Å². The lowest BCUT2D eigenvalue weighted by atomic mass is 10.2. The Balaban J connectivity index is 2.10. The fourth-order valence-electron chi connectivity index (χ4n) is 1.24. The van der Waals surface area contributed by atoms with Crippen molar-refractivity contribution in [1.29, 1.82) is 0 Å². The molecule has 0 saturated carbocycles. The summed E-state index contributed by atoms with van der Waals surface area (Å²) in [5.74, 6) is 6.45. The Morgan fingerprint density at radius 1 is 1.36 bits per heavy atom. The van der Waals surface area contributed by atoms with Gasteiger partial charge in [-0.2, -0.15) is 0 Å². The molecule has 0 aromatic carbocycles. The standard InChI is InChI=1S/C12H12S2/c1-2-3-4-5-6-10-9-12-11(14-10)7-8-13-12/h7-9H,2-4H2,1H3. The molecular formula is C12H12S2. The largest absolute Gasteiger partial charge is 0.143 e. The van der Waals surface area contributed by atoms with Crippen molar-refractivity contribution in [3.8, 4) is 11.8 Å². The van der Waals surface area contributed by atoms with E-state index in [0.717, 1.165) is 6.42 Å². The van der Waals surface area contributed by atoms with Gasteiger partial charge >= 0.3 is 0 Å². The minimum Gasteiger partial charge on any atom is -0.143 e. The van der Waals surface area contributed by atoms with Gasteiger partial charge in [-0.15, -0.1) is 22.7 Å². The lowest BCUT2D eigenvalue weighted by molar-refractivity contribution is 0.828. The Morgan fingerprint density at radius 3 is 3.07 bits per heavy atom. The van der Waals surface area contributed by atoms with Crippen LogP contribution < -0.4 is 0 Å². The fraction of sp³-hybridized carbons (Fsp3) is 0.333. The Kier molecular flexibility index (Phi) is 3.23. The second-order valence-corrected chi connectivity index (χ2v) is 5.20. The molecule has 0 radical (unpaired) electrons. The van der Waals surface area contributed by atoms with Crippen molar-refractivity contribution < 1.29 is 0 Å². The van der Waals surface area contributed by atoms with E-state index in [4.69, 9.17) is 0 Å². The summed E-state index contributed by atoms with van der Waals surface area (Å²) in [4.78, 5) is 1.21. The van der Waals surface area contributed by atoms with Gasteiger partial charge in [0, 0.05) is 15.8 Å². The van der Waals surface area contributed by atoms with Gasteiger partial charge in [0.15, 0.2) is 0 Å². The van der Waals surface area contributed by atoms with E-state index in [1.165, 1.54) is 27.1 Å². The first-order valence-corrected chi connectivity index (χ1v) is 6.55. The van der Waals surface area contributed by atoms with E-state index in [-0.39, 0.29) is 0 Å². The van der Waals surface area contributed by atoms with Crippen molar-refractivity contribution in [3.05, 3.63) is 22.4 Å². The lowest BCUT2D eigenvalue weighted by Gasteiger charge is -1.82. The molecule has 2 aromatic heterocycles. The SMILES string of the molecule is CCCCC#Cc1cc2sccc2s1. The molecule has 2 aromatic rings. The van der Waals surface area contributed by atoms with E-state index < -0.39 is 0 Å². The molecule has 2 heteroatoms. The Bertz CT molecular complexity index is 436. The highest BCUT2D eigenvalue weighted by molar-refractivity contribution is 7.27. The van der Waals surface area contributed by atoms with Gasteiger partial charge < -0.3 is 0 Å². The predicted molar refractivity (Wildman–Crippen MR) is 66.1 cm³/mol. The molecule has 2 heterocycles. The van der Waals surface area contributed by atoms with Crippen LogP contribution in [-0.4, -0.2) is 0 Å². The minimum absolute atomic E-state index is 1.03. The third-order valence-electron chi connectivity index (χ3n) is 2.01. The van der Waals surface area contributed by atoms with Gasteiger partial charge in [0.2, 0.25) is 0 Å². The van der Waals surface area contributed by atoms with Crippen LogP contribution in [0.5, 0.6) is 0 Å². The smallest absolute Gasteiger partial charge is 0.0789 e. The van der Waals surface area contributed by atoms with Gasteiger partial charge in [-0.3, -0.25) is 0 Å². The molecule has 0 aliphatic rings. The number of hydrogen-bond donors (Lipinski definition) is 0. The Hall–Kier alpha value is -0.780. The maximum Gasteiger partial charge on any atom is 0.0789 e. The predicted octanol–water partition coefficient (Wildman–Crippen LogP) is 4.50. The van der Waals surface area contributed by atoms with E-state index in [9.17, 15) is 0 Å². The molecule has 0 aliphatic heterocycles. The van der Waals surface area contributed by atoms with Crippen molar-refractivity contribution in [2.24, 2.45) is 0 Å². The van der Waals surface area contributed by atoms with Crippen LogP contribution in [0.3, 0.4) is 0 Å². The maximum atomic E-state index is 3.23. The third kappa shape index (κ3) is 2.17. The number of rotatable bonds is 2. The summed E-state index contributed by atoms with van der Waals surface area (Å²) >= 11 is 3.59. The average molecular weight is 220 g/mol. The Morgan fingerprint density at radius 2 is 2.29 bits per heavy atom. The van der Waals surface area contributed by atoms with Gasteiger partial charge in [0.05, 0.1) is 4.88 Å². The average Bonchev–Trinajstić information content (AvgIpc) is 2.72. The summed E-state index contributed by atoms with van der Waals surface area (Å²) in [6, 6.07) is 4.37. The molecule has 0 nitrogen and oxygen atoms in total. The topological polar surface area (TPSA) is 0 Å². The van der Waals surface area contributed by atoms with Gasteiger partial charge in [-0.1, -0.05) is 25.2 Å². The first-order chi connectivity index (χ1) is 6.90. The van der Waals surface area contributed by atoms with Crippen LogP contribution in [0.25, 0.3) is 9.40 Å². The molecule has 0 aliphatic carbocycles. The summed E-state index contributed by atoms with van der Waals surface area (Å²) in [6.45, 7) is 2.20. The van der Waals surface area contributed by atoms with Crippen LogP contribution in [0.15, 0.2) is 17.5 Å². The normalized spacial score (nSPS) is 10.1. The number of unbranched alkanes of at least 4 members (excludes halogenated alkanes) is 2. The second-order valence-electron chi connectivity index (χ2n) is 3.17. The fourth-order valence-corrected chi connectivity index (χ4v) is 3.23. The van der Waals surface area contributed by atoms with E-state index in [1.807, 2.05) is 0 Å². The molecule has 72 valence electrons. The number of hydrogen-bond acceptors (Lipinski definition) is 2. The van der Waals surface area contributed by atoms with Crippen molar-refractivity contribution in [1.82, 2.24) is 0 Å². The van der Waals surface area contributed by atoms with E-state index in [2.05, 4.69) is 36.3 Å². The summed E-state index contributed by atoms with van der Waals surface area (Å²) in [6.07, 6.45) is 3.48. The third-order valence-corrected chi connectivity index (χ3v) is 4.02. The van der Waals surface area contributed by atoms with Crippen molar-refractivity contribution >= 4 is 32.1 Å². The molecule has 0 amide bonds. The van der Waals surface area contributed by atoms with Crippen LogP contribution in [0.2, 0.25) is 0 Å². The monoisotopic (exact) mass is 220 g/mol. The van der Waals surface area contributed by atoms with Crippen LogP contribution >= 0.6 is 22.7 Å². The highest BCUT2D eigenvalue weighted by atomic mass is 32.1. The van der Waals surface area contributed by atoms with Crippen molar-refractivity contribution in [3.63, 3.8) is 0 Å². The second kappa shape index (κ2) is 4.63. The van der Waals surface area contributed by atoms with Crippen LogP contribution in [-0.2, 0) is 0 Å². The minimum atomic E-state index is 1.03. The van der Waals surface area contributed by atoms with Crippen LogP contribution in [0.4, 0.5) is 0 Å². The molecule has 2 rings (SSSR count). The van der Waals surface area contributed by atoms with Gasteiger partial charge in [-0.05, 0) is 23.9 Å². The van der Waals surface area contributed by atoms with E-state index >= 15 is 0 Å². The van der Waals surface area contributed by atoms with Gasteiger partial charge in [0.1, 0.15) is 0 Å². The Labute approximate surface area is 92.6 Å². The van der Waals surface area contributed by atoms with Crippen molar-refractivity contribution in [2.75, 3.05) is 0 Å². The first kappa shape index (κ1) is 9.76. The summed E-state index contributed by atoms with van der Waals surface area (Å²) in [7, 11) is 0. The lowest BCUT2D eigenvalue weighted by Crippen LogP contribution is -1.67. The molecule has 0 fully saturated rings. The van der Waals surface area contributed by atoms with Gasteiger partial charge in [-0.25, -0.2) is 0 Å². The van der Waals surface area contributed by atoms with E-state index in [0.29, 0.717) is 0 Å². The molecular weight excluding hydrogens is 208 g/mol. The zero-order chi connectivity index (χ0) is 9.80.